The maximum absolute atomic E-state index is 13.1. The number of benzene rings is 2. The van der Waals surface area contributed by atoms with E-state index in [-0.39, 0.29) is 42.8 Å². The van der Waals surface area contributed by atoms with Gasteiger partial charge >= 0.3 is 5.97 Å². The van der Waals surface area contributed by atoms with Gasteiger partial charge in [0.25, 0.3) is 0 Å². The van der Waals surface area contributed by atoms with Gasteiger partial charge in [0.2, 0.25) is 17.7 Å². The van der Waals surface area contributed by atoms with E-state index in [2.05, 4.69) is 21.3 Å². The van der Waals surface area contributed by atoms with Crippen LogP contribution in [0.4, 0.5) is 0 Å². The number of carbonyl (C=O) groups is 4. The molecule has 0 aromatic heterocycles. The molecule has 3 unspecified atom stereocenters. The molecule has 0 bridgehead atoms. The first-order valence-electron chi connectivity index (χ1n) is 11.6. The van der Waals surface area contributed by atoms with Gasteiger partial charge in [0.15, 0.2) is 0 Å². The van der Waals surface area contributed by atoms with Crippen molar-refractivity contribution in [2.75, 3.05) is 13.1 Å². The topological polar surface area (TPSA) is 177 Å². The lowest BCUT2D eigenvalue weighted by atomic mass is 10.0. The van der Waals surface area contributed by atoms with Crippen molar-refractivity contribution >= 4 is 23.7 Å². The van der Waals surface area contributed by atoms with E-state index in [9.17, 15) is 34.5 Å². The third-order valence-electron chi connectivity index (χ3n) is 5.82. The largest absolute Gasteiger partial charge is 0.508 e. The Morgan fingerprint density at radius 2 is 1.42 bits per heavy atom. The second-order valence-corrected chi connectivity index (χ2v) is 8.63. The molecule has 0 spiro atoms. The van der Waals surface area contributed by atoms with Crippen molar-refractivity contribution in [3.63, 3.8) is 0 Å². The predicted molar refractivity (Wildman–Crippen MR) is 129 cm³/mol. The number of aromatic hydroxyl groups is 2. The lowest BCUT2D eigenvalue weighted by molar-refractivity contribution is -0.142. The van der Waals surface area contributed by atoms with E-state index in [4.69, 9.17) is 0 Å². The molecule has 1 aliphatic heterocycles. The van der Waals surface area contributed by atoms with Crippen LogP contribution in [0.15, 0.2) is 48.5 Å². The highest BCUT2D eigenvalue weighted by atomic mass is 16.4. The van der Waals surface area contributed by atoms with Gasteiger partial charge in [-0.3, -0.25) is 14.4 Å². The lowest BCUT2D eigenvalue weighted by Gasteiger charge is -2.22. The fraction of sp³-hybridized carbons (Fsp3) is 0.360. The average molecular weight is 499 g/mol. The van der Waals surface area contributed by atoms with Gasteiger partial charge < -0.3 is 36.6 Å². The maximum atomic E-state index is 13.1. The van der Waals surface area contributed by atoms with E-state index in [1.54, 1.807) is 24.3 Å². The molecule has 2 aromatic rings. The molecule has 11 nitrogen and oxygen atoms in total. The Balaban J connectivity index is 1.67. The molecule has 3 amide bonds. The summed E-state index contributed by atoms with van der Waals surface area (Å²) in [6.07, 6.45) is 1.54. The van der Waals surface area contributed by atoms with Crippen LogP contribution in [0.1, 0.15) is 24.0 Å². The normalized spacial score (nSPS) is 16.5. The standard InChI is InChI=1S/C25H30N4O7/c30-17-7-3-15(4-8-17)12-20(28-22(32)14-27-23(33)19-2-1-11-26-19)24(34)29-21(25(35)36)13-16-5-9-18(31)10-6-16/h3-10,19-21,26,30-31H,1-2,11-14H2,(H,27,33)(H,28,32)(H,29,34)(H,35,36). The van der Waals surface area contributed by atoms with Crippen LogP contribution in [0.3, 0.4) is 0 Å². The van der Waals surface area contributed by atoms with E-state index < -0.39 is 29.9 Å². The first kappa shape index (κ1) is 26.5. The van der Waals surface area contributed by atoms with Gasteiger partial charge in [0, 0.05) is 12.8 Å². The summed E-state index contributed by atoms with van der Waals surface area (Å²) >= 11 is 0. The summed E-state index contributed by atoms with van der Waals surface area (Å²) in [5.41, 5.74) is 1.21. The van der Waals surface area contributed by atoms with E-state index in [1.807, 2.05) is 0 Å². The Morgan fingerprint density at radius 1 is 0.861 bits per heavy atom. The third kappa shape index (κ3) is 7.98. The molecule has 0 aliphatic carbocycles. The summed E-state index contributed by atoms with van der Waals surface area (Å²) in [7, 11) is 0. The van der Waals surface area contributed by atoms with Gasteiger partial charge in [0.05, 0.1) is 12.6 Å². The molecule has 1 fully saturated rings. The highest BCUT2D eigenvalue weighted by Gasteiger charge is 2.28. The summed E-state index contributed by atoms with van der Waals surface area (Å²) in [5.74, 6) is -2.82. The lowest BCUT2D eigenvalue weighted by Crippen LogP contribution is -2.54. The number of carbonyl (C=O) groups excluding carboxylic acids is 3. The molecule has 0 radical (unpaired) electrons. The quantitative estimate of drug-likeness (QED) is 0.223. The minimum Gasteiger partial charge on any atom is -0.508 e. The second kappa shape index (κ2) is 12.5. The number of hydrogen-bond donors (Lipinski definition) is 7. The van der Waals surface area contributed by atoms with E-state index in [0.717, 1.165) is 13.0 Å². The Labute approximate surface area is 207 Å². The van der Waals surface area contributed by atoms with Gasteiger partial charge in [-0.25, -0.2) is 4.79 Å². The number of rotatable bonds is 11. The van der Waals surface area contributed by atoms with Crippen LogP contribution in [-0.2, 0) is 32.0 Å². The molecule has 2 aromatic carbocycles. The van der Waals surface area contributed by atoms with Crippen LogP contribution in [-0.4, -0.2) is 70.2 Å². The minimum absolute atomic E-state index is 0.0293. The van der Waals surface area contributed by atoms with Crippen LogP contribution >= 0.6 is 0 Å². The number of carboxylic acids is 1. The molecule has 1 aliphatic rings. The van der Waals surface area contributed by atoms with Crippen molar-refractivity contribution in [3.8, 4) is 11.5 Å². The molecule has 11 heteroatoms. The van der Waals surface area contributed by atoms with Crippen LogP contribution in [0.2, 0.25) is 0 Å². The molecule has 3 atom stereocenters. The summed E-state index contributed by atoms with van der Waals surface area (Å²) < 4.78 is 0. The van der Waals surface area contributed by atoms with Gasteiger partial charge in [-0.2, -0.15) is 0 Å². The molecular formula is C25H30N4O7. The zero-order chi connectivity index (χ0) is 26.1. The fourth-order valence-corrected chi connectivity index (χ4v) is 3.86. The van der Waals surface area contributed by atoms with Crippen molar-refractivity contribution in [1.29, 1.82) is 0 Å². The van der Waals surface area contributed by atoms with E-state index in [0.29, 0.717) is 17.5 Å². The van der Waals surface area contributed by atoms with Gasteiger partial charge in [0.1, 0.15) is 23.6 Å². The first-order valence-corrected chi connectivity index (χ1v) is 11.6. The Bertz CT molecular complexity index is 1070. The molecule has 1 heterocycles. The minimum atomic E-state index is -1.28. The molecule has 7 N–H and O–H groups in total. The zero-order valence-electron chi connectivity index (χ0n) is 19.6. The van der Waals surface area contributed by atoms with E-state index >= 15 is 0 Å². The molecular weight excluding hydrogens is 468 g/mol. The molecule has 192 valence electrons. The number of nitrogens with one attached hydrogen (secondary N) is 4. The first-order chi connectivity index (χ1) is 17.2. The molecule has 0 saturated carbocycles. The number of hydrogen-bond acceptors (Lipinski definition) is 7. The Hall–Kier alpha value is -4.12. The van der Waals surface area contributed by atoms with Crippen LogP contribution in [0.25, 0.3) is 0 Å². The third-order valence-corrected chi connectivity index (χ3v) is 5.82. The van der Waals surface area contributed by atoms with Crippen molar-refractivity contribution in [2.24, 2.45) is 0 Å². The number of phenolic OH excluding ortho intramolecular Hbond substituents is 2. The highest BCUT2D eigenvalue weighted by molar-refractivity contribution is 5.92. The van der Waals surface area contributed by atoms with Crippen molar-refractivity contribution in [3.05, 3.63) is 59.7 Å². The smallest absolute Gasteiger partial charge is 0.326 e. The SMILES string of the molecule is O=C(CNC(=O)C1CCCN1)NC(Cc1ccc(O)cc1)C(=O)NC(Cc1ccc(O)cc1)C(=O)O. The zero-order valence-corrected chi connectivity index (χ0v) is 19.6. The summed E-state index contributed by atoms with van der Waals surface area (Å²) in [4.78, 5) is 49.6. The van der Waals surface area contributed by atoms with Crippen molar-refractivity contribution < 1.29 is 34.5 Å². The number of aliphatic carboxylic acids is 1. The van der Waals surface area contributed by atoms with Crippen LogP contribution in [0.5, 0.6) is 11.5 Å². The Morgan fingerprint density at radius 3 is 1.92 bits per heavy atom. The second-order valence-electron chi connectivity index (χ2n) is 8.63. The van der Waals surface area contributed by atoms with Crippen LogP contribution in [0, 0.1) is 0 Å². The van der Waals surface area contributed by atoms with Crippen molar-refractivity contribution in [2.45, 2.75) is 43.8 Å². The van der Waals surface area contributed by atoms with Gasteiger partial charge in [-0.1, -0.05) is 24.3 Å². The number of phenols is 2. The van der Waals surface area contributed by atoms with Crippen molar-refractivity contribution in [1.82, 2.24) is 21.3 Å². The monoisotopic (exact) mass is 498 g/mol. The molecule has 36 heavy (non-hydrogen) atoms. The van der Waals surface area contributed by atoms with E-state index in [1.165, 1.54) is 24.3 Å². The summed E-state index contributed by atoms with van der Waals surface area (Å²) in [6.45, 7) is 0.389. The predicted octanol–water partition coefficient (Wildman–Crippen LogP) is -0.195. The fourth-order valence-electron chi connectivity index (χ4n) is 3.86. The number of amides is 3. The summed E-state index contributed by atoms with van der Waals surface area (Å²) in [6, 6.07) is 9.20. The highest BCUT2D eigenvalue weighted by Crippen LogP contribution is 2.13. The van der Waals surface area contributed by atoms with Gasteiger partial charge in [-0.15, -0.1) is 0 Å². The van der Waals surface area contributed by atoms with Crippen LogP contribution < -0.4 is 21.3 Å². The molecule has 3 rings (SSSR count). The maximum Gasteiger partial charge on any atom is 0.326 e. The number of carboxylic acid groups (broad SMARTS) is 1. The Kier molecular flexibility index (Phi) is 9.23. The molecule has 1 saturated heterocycles. The van der Waals surface area contributed by atoms with Gasteiger partial charge in [-0.05, 0) is 54.8 Å². The summed E-state index contributed by atoms with van der Waals surface area (Å²) in [5, 5.41) is 39.2. The average Bonchev–Trinajstić information content (AvgIpc) is 3.39.